The summed E-state index contributed by atoms with van der Waals surface area (Å²) in [5, 5.41) is 14.0. The van der Waals surface area contributed by atoms with E-state index in [4.69, 9.17) is 16.0 Å². The smallest absolute Gasteiger partial charge is 0.407 e. The lowest BCUT2D eigenvalue weighted by molar-refractivity contribution is -0.384. The lowest BCUT2D eigenvalue weighted by Gasteiger charge is -2.18. The Kier molecular flexibility index (Phi) is 4.87. The number of nitrogens with one attached hydrogen (secondary N) is 1. The fourth-order valence-corrected chi connectivity index (χ4v) is 2.82. The van der Waals surface area contributed by atoms with Crippen LogP contribution in [0.5, 0.6) is 0 Å². The number of halogens is 1. The van der Waals surface area contributed by atoms with Crippen molar-refractivity contribution >= 4 is 45.7 Å². The minimum Gasteiger partial charge on any atom is -0.407 e. The maximum absolute atomic E-state index is 12.5. The van der Waals surface area contributed by atoms with Crippen molar-refractivity contribution in [1.82, 2.24) is 4.57 Å². The summed E-state index contributed by atoms with van der Waals surface area (Å²) in [5.74, 6) is -1.25. The van der Waals surface area contributed by atoms with Crippen molar-refractivity contribution in [2.45, 2.75) is 6.54 Å². The Balaban J connectivity index is 1.89. The maximum Gasteiger partial charge on any atom is 0.420 e. The molecule has 1 N–H and O–H groups in total. The summed E-state index contributed by atoms with van der Waals surface area (Å²) in [5.41, 5.74) is 1.36. The zero-order valence-electron chi connectivity index (χ0n) is 14.4. The molecule has 0 atom stereocenters. The van der Waals surface area contributed by atoms with Gasteiger partial charge in [-0.15, -0.1) is 0 Å². The Morgan fingerprint density at radius 2 is 2.04 bits per heavy atom. The number of hydrogen-bond acceptors (Lipinski definition) is 6. The predicted octanol–water partition coefficient (Wildman–Crippen LogP) is 2.86. The summed E-state index contributed by atoms with van der Waals surface area (Å²) < 4.78 is 6.12. The third-order valence-corrected chi connectivity index (χ3v) is 4.11. The van der Waals surface area contributed by atoms with Gasteiger partial charge < -0.3 is 14.6 Å². The highest BCUT2D eigenvalue weighted by atomic mass is 35.5. The first kappa shape index (κ1) is 18.5. The molecule has 0 unspecified atom stereocenters. The molecule has 140 valence electrons. The highest BCUT2D eigenvalue weighted by Crippen LogP contribution is 2.28. The number of hydrogen-bond donors (Lipinski definition) is 1. The van der Waals surface area contributed by atoms with E-state index >= 15 is 0 Å². The molecule has 10 heteroatoms. The van der Waals surface area contributed by atoms with Gasteiger partial charge in [-0.2, -0.15) is 0 Å². The number of benzene rings is 2. The number of aromatic nitrogens is 1. The van der Waals surface area contributed by atoms with Crippen molar-refractivity contribution in [2.75, 3.05) is 24.3 Å². The number of anilines is 2. The quantitative estimate of drug-likeness (QED) is 0.529. The number of rotatable bonds is 5. The van der Waals surface area contributed by atoms with Gasteiger partial charge in [0.2, 0.25) is 5.91 Å². The van der Waals surface area contributed by atoms with Crippen molar-refractivity contribution < 1.29 is 14.1 Å². The van der Waals surface area contributed by atoms with E-state index in [0.29, 0.717) is 16.2 Å². The van der Waals surface area contributed by atoms with E-state index in [9.17, 15) is 19.7 Å². The second kappa shape index (κ2) is 7.12. The Hall–Kier alpha value is -3.33. The lowest BCUT2D eigenvalue weighted by atomic mass is 10.2. The van der Waals surface area contributed by atoms with Gasteiger partial charge in [0.25, 0.3) is 5.69 Å². The number of fused-ring (bicyclic) bond motifs is 1. The van der Waals surface area contributed by atoms with Gasteiger partial charge in [-0.3, -0.25) is 19.5 Å². The summed E-state index contributed by atoms with van der Waals surface area (Å²) in [6, 6.07) is 8.83. The van der Waals surface area contributed by atoms with Crippen LogP contribution in [0.15, 0.2) is 45.6 Å². The first-order valence-corrected chi connectivity index (χ1v) is 8.18. The van der Waals surface area contributed by atoms with E-state index in [1.165, 1.54) is 12.1 Å². The SMILES string of the molecule is CN(C)c1ccc(Cl)cc1NC(=O)Cn1c(=O)oc2cc([N+](=O)[O-])ccc21. The largest absolute Gasteiger partial charge is 0.420 e. The van der Waals surface area contributed by atoms with Crippen LogP contribution in [0.2, 0.25) is 5.02 Å². The summed E-state index contributed by atoms with van der Waals surface area (Å²) in [6.45, 7) is -0.316. The summed E-state index contributed by atoms with van der Waals surface area (Å²) in [4.78, 5) is 36.6. The zero-order valence-corrected chi connectivity index (χ0v) is 15.2. The van der Waals surface area contributed by atoms with Gasteiger partial charge in [0.1, 0.15) is 6.54 Å². The van der Waals surface area contributed by atoms with E-state index in [1.54, 1.807) is 18.2 Å². The average molecular weight is 391 g/mol. The molecule has 0 aliphatic rings. The molecule has 0 aliphatic carbocycles. The van der Waals surface area contributed by atoms with Gasteiger partial charge >= 0.3 is 5.76 Å². The molecular weight excluding hydrogens is 376 g/mol. The molecule has 3 aromatic rings. The highest BCUT2D eigenvalue weighted by molar-refractivity contribution is 6.31. The molecule has 0 bridgehead atoms. The Morgan fingerprint density at radius 3 is 2.70 bits per heavy atom. The number of non-ortho nitro benzene ring substituents is 1. The molecule has 0 saturated carbocycles. The fraction of sp³-hybridized carbons (Fsp3) is 0.176. The molecule has 27 heavy (non-hydrogen) atoms. The molecule has 1 heterocycles. The molecule has 3 rings (SSSR count). The first-order valence-electron chi connectivity index (χ1n) is 7.81. The van der Waals surface area contributed by atoms with Crippen LogP contribution in [0.3, 0.4) is 0 Å². The fourth-order valence-electron chi connectivity index (χ4n) is 2.65. The Morgan fingerprint density at radius 1 is 1.30 bits per heavy atom. The maximum atomic E-state index is 12.5. The number of nitro groups is 1. The standard InChI is InChI=1S/C17H15ClN4O5/c1-20(2)13-5-3-10(18)7-12(13)19-16(23)9-21-14-6-4-11(22(25)26)8-15(14)27-17(21)24/h3-8H,9H2,1-2H3,(H,19,23). The lowest BCUT2D eigenvalue weighted by Crippen LogP contribution is -2.25. The summed E-state index contributed by atoms with van der Waals surface area (Å²) in [6.07, 6.45) is 0. The van der Waals surface area contributed by atoms with Gasteiger partial charge in [-0.25, -0.2) is 4.79 Å². The van der Waals surface area contributed by atoms with E-state index < -0.39 is 16.6 Å². The Labute approximate surface area is 157 Å². The minimum absolute atomic E-state index is 0.0405. The Bertz CT molecular complexity index is 1100. The third-order valence-electron chi connectivity index (χ3n) is 3.88. The molecule has 0 radical (unpaired) electrons. The predicted molar refractivity (Wildman–Crippen MR) is 102 cm³/mol. The van der Waals surface area contributed by atoms with Gasteiger partial charge in [0.15, 0.2) is 5.58 Å². The zero-order chi connectivity index (χ0) is 19.7. The van der Waals surface area contributed by atoms with Crippen LogP contribution in [-0.4, -0.2) is 29.5 Å². The van der Waals surface area contributed by atoms with E-state index in [1.807, 2.05) is 19.0 Å². The average Bonchev–Trinajstić information content (AvgIpc) is 2.89. The van der Waals surface area contributed by atoms with Gasteiger partial charge in [0, 0.05) is 25.2 Å². The van der Waals surface area contributed by atoms with Crippen molar-refractivity contribution in [3.05, 3.63) is 62.1 Å². The summed E-state index contributed by atoms with van der Waals surface area (Å²) >= 11 is 6.00. The third kappa shape index (κ3) is 3.77. The van der Waals surface area contributed by atoms with E-state index in [0.717, 1.165) is 16.3 Å². The first-order chi connectivity index (χ1) is 12.8. The molecule has 9 nitrogen and oxygen atoms in total. The molecule has 0 saturated heterocycles. The van der Waals surface area contributed by atoms with Crippen LogP contribution in [0.1, 0.15) is 0 Å². The molecule has 0 fully saturated rings. The molecule has 1 amide bonds. The van der Waals surface area contributed by atoms with Crippen LogP contribution >= 0.6 is 11.6 Å². The van der Waals surface area contributed by atoms with E-state index in [-0.39, 0.29) is 17.8 Å². The topological polar surface area (TPSA) is 111 Å². The van der Waals surface area contributed by atoms with Crippen molar-refractivity contribution in [3.63, 3.8) is 0 Å². The second-order valence-electron chi connectivity index (χ2n) is 5.97. The second-order valence-corrected chi connectivity index (χ2v) is 6.40. The van der Waals surface area contributed by atoms with Gasteiger partial charge in [0.05, 0.1) is 27.9 Å². The van der Waals surface area contributed by atoms with Crippen LogP contribution in [0, 0.1) is 10.1 Å². The van der Waals surface area contributed by atoms with Crippen LogP contribution in [-0.2, 0) is 11.3 Å². The monoisotopic (exact) mass is 390 g/mol. The molecule has 1 aromatic heterocycles. The van der Waals surface area contributed by atoms with Crippen LogP contribution < -0.4 is 16.0 Å². The molecule has 2 aromatic carbocycles. The number of oxazole rings is 1. The van der Waals surface area contributed by atoms with Crippen LogP contribution in [0.4, 0.5) is 17.1 Å². The summed E-state index contributed by atoms with van der Waals surface area (Å²) in [7, 11) is 3.64. The van der Waals surface area contributed by atoms with Crippen molar-refractivity contribution in [3.8, 4) is 0 Å². The number of carbonyl (C=O) groups is 1. The highest BCUT2D eigenvalue weighted by Gasteiger charge is 2.17. The van der Waals surface area contributed by atoms with Crippen LogP contribution in [0.25, 0.3) is 11.1 Å². The van der Waals surface area contributed by atoms with Crippen molar-refractivity contribution in [2.24, 2.45) is 0 Å². The van der Waals surface area contributed by atoms with Crippen molar-refractivity contribution in [1.29, 1.82) is 0 Å². The normalized spacial score (nSPS) is 10.8. The van der Waals surface area contributed by atoms with Gasteiger partial charge in [-0.1, -0.05) is 11.6 Å². The number of nitrogens with zero attached hydrogens (tertiary/aromatic N) is 3. The number of carbonyl (C=O) groups excluding carboxylic acids is 1. The van der Waals surface area contributed by atoms with Gasteiger partial charge in [-0.05, 0) is 24.3 Å². The van der Waals surface area contributed by atoms with E-state index in [2.05, 4.69) is 5.32 Å². The number of nitro benzene ring substituents is 1. The molecular formula is C17H15ClN4O5. The molecule has 0 spiro atoms. The molecule has 0 aliphatic heterocycles. The minimum atomic E-state index is -0.778. The number of amides is 1.